The first-order valence-corrected chi connectivity index (χ1v) is 9.64. The van der Waals surface area contributed by atoms with Gasteiger partial charge in [0.05, 0.1) is 5.69 Å². The Morgan fingerprint density at radius 3 is 2.19 bits per heavy atom. The van der Waals surface area contributed by atoms with Gasteiger partial charge >= 0.3 is 0 Å². The van der Waals surface area contributed by atoms with Gasteiger partial charge in [0.2, 0.25) is 0 Å². The summed E-state index contributed by atoms with van der Waals surface area (Å²) in [5.74, 6) is 6.86. The molecule has 0 radical (unpaired) electrons. The fourth-order valence-electron chi connectivity index (χ4n) is 4.45. The summed E-state index contributed by atoms with van der Waals surface area (Å²) in [5, 5.41) is 5.49. The SMILES string of the molecule is NN1c2ccc(N(c3ccccc3)c3ccccc3)cc2C2CCCNC21. The molecule has 4 nitrogen and oxygen atoms in total. The molecule has 3 aromatic carbocycles. The number of benzene rings is 3. The average Bonchev–Trinajstić information content (AvgIpc) is 3.02. The van der Waals surface area contributed by atoms with Gasteiger partial charge in [-0.1, -0.05) is 36.4 Å². The number of anilines is 4. The third kappa shape index (κ3) is 2.78. The van der Waals surface area contributed by atoms with Crippen LogP contribution in [0.25, 0.3) is 0 Å². The lowest BCUT2D eigenvalue weighted by Gasteiger charge is -2.31. The molecule has 0 aliphatic carbocycles. The zero-order valence-corrected chi connectivity index (χ0v) is 15.3. The lowest BCUT2D eigenvalue weighted by Crippen LogP contribution is -2.51. The van der Waals surface area contributed by atoms with Gasteiger partial charge in [0.25, 0.3) is 0 Å². The smallest absolute Gasteiger partial charge is 0.102 e. The normalized spacial score (nSPS) is 20.9. The van der Waals surface area contributed by atoms with E-state index in [0.717, 1.165) is 23.6 Å². The number of hydrazine groups is 1. The molecule has 3 N–H and O–H groups in total. The number of hydrogen-bond donors (Lipinski definition) is 2. The summed E-state index contributed by atoms with van der Waals surface area (Å²) in [5.41, 5.74) is 5.98. The Morgan fingerprint density at radius 2 is 1.52 bits per heavy atom. The standard InChI is InChI=1S/C23H24N4/c24-27-22-14-13-19(16-21(22)20-12-7-15-25-23(20)27)26(17-8-3-1-4-9-17)18-10-5-2-6-11-18/h1-6,8-11,13-14,16,20,23,25H,7,12,15,24H2. The van der Waals surface area contributed by atoms with Gasteiger partial charge in [0.15, 0.2) is 0 Å². The zero-order valence-electron chi connectivity index (χ0n) is 15.3. The molecule has 2 unspecified atom stereocenters. The molecule has 0 amide bonds. The van der Waals surface area contributed by atoms with Crippen LogP contribution in [-0.2, 0) is 0 Å². The monoisotopic (exact) mass is 356 g/mol. The van der Waals surface area contributed by atoms with Crippen LogP contribution in [0.3, 0.4) is 0 Å². The molecule has 27 heavy (non-hydrogen) atoms. The molecular weight excluding hydrogens is 332 g/mol. The largest absolute Gasteiger partial charge is 0.310 e. The minimum Gasteiger partial charge on any atom is -0.310 e. The fourth-order valence-corrected chi connectivity index (χ4v) is 4.45. The van der Waals surface area contributed by atoms with E-state index in [4.69, 9.17) is 5.84 Å². The third-order valence-electron chi connectivity index (χ3n) is 5.70. The molecule has 2 heterocycles. The molecule has 2 aliphatic heterocycles. The van der Waals surface area contributed by atoms with Crippen molar-refractivity contribution < 1.29 is 0 Å². The van der Waals surface area contributed by atoms with Crippen molar-refractivity contribution in [3.05, 3.63) is 84.4 Å². The first kappa shape index (κ1) is 16.4. The molecule has 1 saturated heterocycles. The van der Waals surface area contributed by atoms with E-state index in [9.17, 15) is 0 Å². The maximum Gasteiger partial charge on any atom is 0.102 e. The van der Waals surface area contributed by atoms with Crippen molar-refractivity contribution in [3.8, 4) is 0 Å². The highest BCUT2D eigenvalue weighted by atomic mass is 15.5. The highest BCUT2D eigenvalue weighted by Gasteiger charge is 2.38. The predicted octanol–water partition coefficient (Wildman–Crippen LogP) is 4.64. The van der Waals surface area contributed by atoms with E-state index >= 15 is 0 Å². The van der Waals surface area contributed by atoms with Crippen LogP contribution in [0.5, 0.6) is 0 Å². The van der Waals surface area contributed by atoms with Crippen LogP contribution in [-0.4, -0.2) is 12.7 Å². The minimum absolute atomic E-state index is 0.214. The van der Waals surface area contributed by atoms with Gasteiger partial charge in [-0.3, -0.25) is 10.3 Å². The van der Waals surface area contributed by atoms with Gasteiger partial charge in [0.1, 0.15) is 6.17 Å². The Morgan fingerprint density at radius 1 is 0.852 bits per heavy atom. The van der Waals surface area contributed by atoms with Crippen LogP contribution in [0.15, 0.2) is 78.9 Å². The van der Waals surface area contributed by atoms with Gasteiger partial charge in [-0.15, -0.1) is 0 Å². The van der Waals surface area contributed by atoms with E-state index in [1.165, 1.54) is 24.1 Å². The summed E-state index contributed by atoms with van der Waals surface area (Å²) in [6.45, 7) is 1.04. The molecule has 4 heteroatoms. The summed E-state index contributed by atoms with van der Waals surface area (Å²) < 4.78 is 0. The number of fused-ring (bicyclic) bond motifs is 3. The molecule has 3 aromatic rings. The van der Waals surface area contributed by atoms with Gasteiger partial charge in [0, 0.05) is 23.0 Å². The number of rotatable bonds is 3. The van der Waals surface area contributed by atoms with Crippen molar-refractivity contribution >= 4 is 22.7 Å². The molecule has 0 bridgehead atoms. The van der Waals surface area contributed by atoms with Gasteiger partial charge < -0.3 is 4.90 Å². The Hall–Kier alpha value is -2.82. The van der Waals surface area contributed by atoms with Gasteiger partial charge in [-0.05, 0) is 67.4 Å². The molecule has 0 saturated carbocycles. The van der Waals surface area contributed by atoms with Crippen LogP contribution >= 0.6 is 0 Å². The van der Waals surface area contributed by atoms with E-state index in [2.05, 4.69) is 89.1 Å². The lowest BCUT2D eigenvalue weighted by molar-refractivity contribution is 0.361. The van der Waals surface area contributed by atoms with E-state index < -0.39 is 0 Å². The first-order chi connectivity index (χ1) is 13.3. The topological polar surface area (TPSA) is 44.5 Å². The van der Waals surface area contributed by atoms with Crippen LogP contribution in [0.2, 0.25) is 0 Å². The van der Waals surface area contributed by atoms with Crippen LogP contribution in [0.1, 0.15) is 24.3 Å². The highest BCUT2D eigenvalue weighted by molar-refractivity contribution is 5.79. The fraction of sp³-hybridized carbons (Fsp3) is 0.217. The summed E-state index contributed by atoms with van der Waals surface area (Å²) in [6.07, 6.45) is 2.59. The second-order valence-corrected chi connectivity index (χ2v) is 7.30. The predicted molar refractivity (Wildman–Crippen MR) is 112 cm³/mol. The van der Waals surface area contributed by atoms with Crippen molar-refractivity contribution in [2.45, 2.75) is 24.9 Å². The third-order valence-corrected chi connectivity index (χ3v) is 5.70. The Balaban J connectivity index is 1.62. The molecule has 2 aliphatic rings. The van der Waals surface area contributed by atoms with Crippen molar-refractivity contribution in [3.63, 3.8) is 0 Å². The molecule has 0 spiro atoms. The second-order valence-electron chi connectivity index (χ2n) is 7.30. The number of piperidine rings is 1. The number of nitrogens with zero attached hydrogens (tertiary/aromatic N) is 2. The Kier molecular flexibility index (Phi) is 4.07. The molecule has 136 valence electrons. The number of nitrogens with two attached hydrogens (primary N) is 1. The second kappa shape index (κ2) is 6.72. The Bertz CT molecular complexity index is 886. The summed E-state index contributed by atoms with van der Waals surface area (Å²) in [4.78, 5) is 2.31. The summed E-state index contributed by atoms with van der Waals surface area (Å²) in [6, 6.07) is 27.7. The van der Waals surface area contributed by atoms with Crippen molar-refractivity contribution in [2.75, 3.05) is 16.5 Å². The number of para-hydroxylation sites is 2. The van der Waals surface area contributed by atoms with Crippen molar-refractivity contribution in [1.29, 1.82) is 0 Å². The van der Waals surface area contributed by atoms with Crippen LogP contribution < -0.4 is 21.1 Å². The van der Waals surface area contributed by atoms with E-state index in [1.807, 2.05) is 5.01 Å². The zero-order chi connectivity index (χ0) is 18.2. The van der Waals surface area contributed by atoms with Gasteiger partial charge in [-0.25, -0.2) is 5.84 Å². The highest BCUT2D eigenvalue weighted by Crippen LogP contribution is 2.45. The summed E-state index contributed by atoms with van der Waals surface area (Å²) in [7, 11) is 0. The first-order valence-electron chi connectivity index (χ1n) is 9.64. The van der Waals surface area contributed by atoms with Crippen molar-refractivity contribution in [1.82, 2.24) is 5.32 Å². The number of nitrogens with one attached hydrogen (secondary N) is 1. The maximum atomic E-state index is 6.41. The average molecular weight is 356 g/mol. The van der Waals surface area contributed by atoms with Crippen molar-refractivity contribution in [2.24, 2.45) is 5.84 Å². The van der Waals surface area contributed by atoms with Gasteiger partial charge in [-0.2, -0.15) is 0 Å². The molecule has 0 aromatic heterocycles. The quantitative estimate of drug-likeness (QED) is 0.671. The maximum absolute atomic E-state index is 6.41. The van der Waals surface area contributed by atoms with E-state index in [0.29, 0.717) is 5.92 Å². The molecule has 2 atom stereocenters. The molecule has 1 fully saturated rings. The molecular formula is C23H24N4. The van der Waals surface area contributed by atoms with Crippen LogP contribution in [0, 0.1) is 0 Å². The minimum atomic E-state index is 0.214. The van der Waals surface area contributed by atoms with E-state index in [-0.39, 0.29) is 6.17 Å². The number of hydrogen-bond acceptors (Lipinski definition) is 4. The molecule has 5 rings (SSSR count). The Labute approximate surface area is 160 Å². The van der Waals surface area contributed by atoms with Crippen LogP contribution in [0.4, 0.5) is 22.7 Å². The van der Waals surface area contributed by atoms with E-state index in [1.54, 1.807) is 0 Å². The lowest BCUT2D eigenvalue weighted by atomic mass is 9.91. The summed E-state index contributed by atoms with van der Waals surface area (Å²) >= 11 is 0.